The number of amides is 1. The molecule has 162 valence electrons. The molecule has 4 aromatic rings. The number of nitrogens with zero attached hydrogens (tertiary/aromatic N) is 3. The Bertz CT molecular complexity index is 1320. The van der Waals surface area contributed by atoms with Crippen LogP contribution in [0.25, 0.3) is 5.69 Å². The molecular formula is C22H18ClN5O3S. The number of hydrogen-bond acceptors (Lipinski definition) is 5. The summed E-state index contributed by atoms with van der Waals surface area (Å²) in [6.07, 6.45) is 3.05. The van der Waals surface area contributed by atoms with Crippen molar-refractivity contribution >= 4 is 33.2 Å². The van der Waals surface area contributed by atoms with Crippen molar-refractivity contribution in [3.8, 4) is 5.69 Å². The molecule has 0 aliphatic carbocycles. The fraction of sp³-hybridized carbons (Fsp3) is 0.0455. The van der Waals surface area contributed by atoms with Gasteiger partial charge in [0.25, 0.3) is 15.9 Å². The highest BCUT2D eigenvalue weighted by molar-refractivity contribution is 7.92. The van der Waals surface area contributed by atoms with Crippen LogP contribution in [-0.4, -0.2) is 29.1 Å². The first-order chi connectivity index (χ1) is 15.4. The van der Waals surface area contributed by atoms with E-state index < -0.39 is 15.9 Å². The van der Waals surface area contributed by atoms with E-state index in [-0.39, 0.29) is 22.7 Å². The van der Waals surface area contributed by atoms with Crippen LogP contribution in [0.3, 0.4) is 0 Å². The molecule has 0 spiro atoms. The van der Waals surface area contributed by atoms with Gasteiger partial charge in [-0.15, -0.1) is 0 Å². The third-order valence-corrected chi connectivity index (χ3v) is 6.25. The van der Waals surface area contributed by atoms with Gasteiger partial charge in [-0.1, -0.05) is 35.9 Å². The summed E-state index contributed by atoms with van der Waals surface area (Å²) >= 11 is 5.83. The second kappa shape index (κ2) is 9.21. The number of halogens is 1. The third-order valence-electron chi connectivity index (χ3n) is 4.61. The van der Waals surface area contributed by atoms with Crippen LogP contribution in [0, 0.1) is 0 Å². The van der Waals surface area contributed by atoms with Crippen LogP contribution >= 0.6 is 11.6 Å². The van der Waals surface area contributed by atoms with E-state index in [2.05, 4.69) is 20.1 Å². The van der Waals surface area contributed by atoms with Gasteiger partial charge in [0.05, 0.1) is 21.8 Å². The van der Waals surface area contributed by atoms with Gasteiger partial charge in [-0.3, -0.25) is 9.52 Å². The minimum atomic E-state index is -3.88. The Morgan fingerprint density at radius 1 is 0.969 bits per heavy atom. The first-order valence-corrected chi connectivity index (χ1v) is 11.4. The Labute approximate surface area is 189 Å². The van der Waals surface area contributed by atoms with Gasteiger partial charge in [-0.25, -0.2) is 18.1 Å². The van der Waals surface area contributed by atoms with E-state index in [0.29, 0.717) is 5.02 Å². The predicted octanol–water partition coefficient (Wildman–Crippen LogP) is 3.65. The molecule has 10 heteroatoms. The summed E-state index contributed by atoms with van der Waals surface area (Å²) in [6.45, 7) is 0.273. The van der Waals surface area contributed by atoms with Crippen LogP contribution in [0.5, 0.6) is 0 Å². The molecular weight excluding hydrogens is 450 g/mol. The van der Waals surface area contributed by atoms with Gasteiger partial charge >= 0.3 is 0 Å². The number of rotatable bonds is 7. The zero-order valence-corrected chi connectivity index (χ0v) is 18.2. The molecule has 1 amide bonds. The average molecular weight is 468 g/mol. The zero-order valence-electron chi connectivity index (χ0n) is 16.6. The van der Waals surface area contributed by atoms with E-state index in [1.165, 1.54) is 36.7 Å². The van der Waals surface area contributed by atoms with Crippen molar-refractivity contribution in [2.45, 2.75) is 11.4 Å². The van der Waals surface area contributed by atoms with Crippen molar-refractivity contribution in [3.05, 3.63) is 102 Å². The van der Waals surface area contributed by atoms with Crippen molar-refractivity contribution in [2.75, 3.05) is 4.72 Å². The molecule has 0 fully saturated rings. The maximum absolute atomic E-state index is 12.8. The quantitative estimate of drug-likeness (QED) is 0.431. The maximum atomic E-state index is 12.8. The Morgan fingerprint density at radius 3 is 2.38 bits per heavy atom. The first kappa shape index (κ1) is 21.5. The fourth-order valence-electron chi connectivity index (χ4n) is 2.97. The highest BCUT2D eigenvalue weighted by Crippen LogP contribution is 2.21. The summed E-state index contributed by atoms with van der Waals surface area (Å²) in [5.74, 6) is -0.403. The van der Waals surface area contributed by atoms with Crippen molar-refractivity contribution < 1.29 is 13.2 Å². The summed E-state index contributed by atoms with van der Waals surface area (Å²) in [5.41, 5.74) is 2.12. The molecule has 0 aliphatic heterocycles. The molecule has 1 aromatic heterocycles. The van der Waals surface area contributed by atoms with Crippen molar-refractivity contribution in [1.29, 1.82) is 0 Å². The topological polar surface area (TPSA) is 106 Å². The normalized spacial score (nSPS) is 11.2. The number of anilines is 1. The molecule has 0 saturated heterocycles. The minimum absolute atomic E-state index is 0.0459. The van der Waals surface area contributed by atoms with E-state index in [1.54, 1.807) is 29.2 Å². The van der Waals surface area contributed by atoms with Gasteiger partial charge in [-0.2, -0.15) is 5.10 Å². The lowest BCUT2D eigenvalue weighted by Crippen LogP contribution is -2.25. The second-order valence-corrected chi connectivity index (χ2v) is 8.91. The SMILES string of the molecule is O=C(NCc1ccc(-n2cncn2)cc1)c1ccccc1NS(=O)(=O)c1ccc(Cl)cc1. The lowest BCUT2D eigenvalue weighted by molar-refractivity contribution is 0.0952. The summed E-state index contributed by atoms with van der Waals surface area (Å²) in [5, 5.41) is 7.31. The van der Waals surface area contributed by atoms with E-state index in [9.17, 15) is 13.2 Å². The van der Waals surface area contributed by atoms with Gasteiger partial charge in [0, 0.05) is 11.6 Å². The molecule has 0 aliphatic rings. The summed E-state index contributed by atoms with van der Waals surface area (Å²) in [6, 6.07) is 19.7. The highest BCUT2D eigenvalue weighted by Gasteiger charge is 2.18. The van der Waals surface area contributed by atoms with Gasteiger partial charge in [0.15, 0.2) is 0 Å². The molecule has 0 radical (unpaired) electrons. The van der Waals surface area contributed by atoms with Gasteiger partial charge in [0.1, 0.15) is 12.7 Å². The van der Waals surface area contributed by atoms with Crippen LogP contribution < -0.4 is 10.0 Å². The molecule has 0 saturated carbocycles. The standard InChI is InChI=1S/C22H18ClN5O3S/c23-17-7-11-19(12-8-17)32(30,31)27-21-4-2-1-3-20(21)22(29)25-13-16-5-9-18(10-6-16)28-15-24-14-26-28/h1-12,14-15,27H,13H2,(H,25,29). The van der Waals surface area contributed by atoms with Crippen LogP contribution in [0.1, 0.15) is 15.9 Å². The number of para-hydroxylation sites is 1. The summed E-state index contributed by atoms with van der Waals surface area (Å²) in [4.78, 5) is 16.7. The van der Waals surface area contributed by atoms with E-state index >= 15 is 0 Å². The average Bonchev–Trinajstić information content (AvgIpc) is 3.33. The molecule has 32 heavy (non-hydrogen) atoms. The number of benzene rings is 3. The predicted molar refractivity (Wildman–Crippen MR) is 121 cm³/mol. The largest absolute Gasteiger partial charge is 0.348 e. The molecule has 3 aromatic carbocycles. The van der Waals surface area contributed by atoms with E-state index in [1.807, 2.05) is 24.3 Å². The smallest absolute Gasteiger partial charge is 0.261 e. The lowest BCUT2D eigenvalue weighted by atomic mass is 10.1. The second-order valence-electron chi connectivity index (χ2n) is 6.79. The molecule has 8 nitrogen and oxygen atoms in total. The van der Waals surface area contributed by atoms with Crippen LogP contribution in [0.4, 0.5) is 5.69 Å². The molecule has 1 heterocycles. The first-order valence-electron chi connectivity index (χ1n) is 9.52. The Morgan fingerprint density at radius 2 is 1.69 bits per heavy atom. The van der Waals surface area contributed by atoms with E-state index in [4.69, 9.17) is 11.6 Å². The summed E-state index contributed by atoms with van der Waals surface area (Å²) < 4.78 is 29.5. The number of carbonyl (C=O) groups is 1. The Balaban J connectivity index is 1.46. The number of sulfonamides is 1. The van der Waals surface area contributed by atoms with Crippen molar-refractivity contribution in [2.24, 2.45) is 0 Å². The summed E-state index contributed by atoms with van der Waals surface area (Å²) in [7, 11) is -3.88. The Hall–Kier alpha value is -3.69. The number of carbonyl (C=O) groups excluding carboxylic acids is 1. The van der Waals surface area contributed by atoms with E-state index in [0.717, 1.165) is 11.3 Å². The fourth-order valence-corrected chi connectivity index (χ4v) is 4.18. The Kier molecular flexibility index (Phi) is 6.20. The van der Waals surface area contributed by atoms with Crippen molar-refractivity contribution in [3.63, 3.8) is 0 Å². The van der Waals surface area contributed by atoms with Crippen LogP contribution in [0.2, 0.25) is 5.02 Å². The molecule has 2 N–H and O–H groups in total. The lowest BCUT2D eigenvalue weighted by Gasteiger charge is -2.13. The number of hydrogen-bond donors (Lipinski definition) is 2. The van der Waals surface area contributed by atoms with Gasteiger partial charge < -0.3 is 5.32 Å². The maximum Gasteiger partial charge on any atom is 0.261 e. The van der Waals surface area contributed by atoms with Crippen LogP contribution in [0.15, 0.2) is 90.3 Å². The van der Waals surface area contributed by atoms with Gasteiger partial charge in [-0.05, 0) is 54.1 Å². The minimum Gasteiger partial charge on any atom is -0.348 e. The molecule has 4 rings (SSSR count). The monoisotopic (exact) mass is 467 g/mol. The highest BCUT2D eigenvalue weighted by atomic mass is 35.5. The van der Waals surface area contributed by atoms with Gasteiger partial charge in [0.2, 0.25) is 0 Å². The number of nitrogens with one attached hydrogen (secondary N) is 2. The zero-order chi connectivity index (χ0) is 22.6. The molecule has 0 bridgehead atoms. The van der Waals surface area contributed by atoms with Crippen LogP contribution in [-0.2, 0) is 16.6 Å². The molecule has 0 atom stereocenters. The number of aromatic nitrogens is 3. The molecule has 0 unspecified atom stereocenters. The third kappa shape index (κ3) is 4.96. The van der Waals surface area contributed by atoms with Crippen molar-refractivity contribution in [1.82, 2.24) is 20.1 Å².